The molecule has 4 heteroatoms. The monoisotopic (exact) mass is 247 g/mol. The molecule has 0 saturated heterocycles. The number of nitrogens with zero attached hydrogens (tertiary/aromatic N) is 1. The molecule has 1 aromatic rings. The number of anilines is 1. The van der Waals surface area contributed by atoms with Gasteiger partial charge in [-0.3, -0.25) is 4.79 Å². The summed E-state index contributed by atoms with van der Waals surface area (Å²) in [5.41, 5.74) is 6.19. The maximum Gasteiger partial charge on any atom is 0.255 e. The number of nitrogen functional groups attached to an aromatic ring is 1. The van der Waals surface area contributed by atoms with E-state index in [0.717, 1.165) is 12.3 Å². The lowest BCUT2D eigenvalue weighted by molar-refractivity contribution is 0.0900. The Labute approximate surface area is 108 Å². The topological polar surface area (TPSA) is 68.0 Å². The minimum Gasteiger partial charge on any atom is -0.383 e. The van der Waals surface area contributed by atoms with E-state index in [4.69, 9.17) is 5.73 Å². The first kappa shape index (κ1) is 12.9. The highest BCUT2D eigenvalue weighted by molar-refractivity contribution is 5.98. The first-order valence-electron chi connectivity index (χ1n) is 6.59. The van der Waals surface area contributed by atoms with Gasteiger partial charge in [-0.1, -0.05) is 13.8 Å². The Morgan fingerprint density at radius 1 is 1.44 bits per heavy atom. The molecule has 0 aromatic carbocycles. The fourth-order valence-corrected chi connectivity index (χ4v) is 2.74. The van der Waals surface area contributed by atoms with Gasteiger partial charge in [0.05, 0.1) is 5.56 Å². The normalized spacial score (nSPS) is 27.8. The summed E-state index contributed by atoms with van der Waals surface area (Å²) in [6.07, 6.45) is 5.00. The molecule has 1 aliphatic rings. The number of nitrogens with one attached hydrogen (secondary N) is 1. The van der Waals surface area contributed by atoms with Crippen molar-refractivity contribution in [1.82, 2.24) is 10.3 Å². The van der Waals surface area contributed by atoms with Gasteiger partial charge in [-0.15, -0.1) is 0 Å². The zero-order chi connectivity index (χ0) is 13.1. The summed E-state index contributed by atoms with van der Waals surface area (Å²) in [5, 5.41) is 3.09. The first-order valence-corrected chi connectivity index (χ1v) is 6.59. The molecule has 0 spiro atoms. The third-order valence-corrected chi connectivity index (χ3v) is 3.83. The zero-order valence-corrected chi connectivity index (χ0v) is 11.0. The van der Waals surface area contributed by atoms with Crippen LogP contribution in [-0.2, 0) is 0 Å². The second-order valence-electron chi connectivity index (χ2n) is 5.41. The molecule has 0 radical (unpaired) electrons. The summed E-state index contributed by atoms with van der Waals surface area (Å²) in [7, 11) is 0. The molecule has 1 amide bonds. The van der Waals surface area contributed by atoms with E-state index in [0.29, 0.717) is 17.3 Å². The molecule has 3 unspecified atom stereocenters. The molecule has 3 atom stereocenters. The highest BCUT2D eigenvalue weighted by Gasteiger charge is 2.27. The number of nitrogens with two attached hydrogens (primary N) is 1. The Kier molecular flexibility index (Phi) is 3.84. The summed E-state index contributed by atoms with van der Waals surface area (Å²) in [6, 6.07) is 3.71. The molecular formula is C14H21N3O. The van der Waals surface area contributed by atoms with Crippen molar-refractivity contribution in [3.63, 3.8) is 0 Å². The van der Waals surface area contributed by atoms with E-state index in [1.54, 1.807) is 18.3 Å². The summed E-state index contributed by atoms with van der Waals surface area (Å²) in [5.74, 6) is 1.48. The number of aromatic nitrogens is 1. The predicted octanol–water partition coefficient (Wildman–Crippen LogP) is 2.22. The van der Waals surface area contributed by atoms with Crippen LogP contribution in [-0.4, -0.2) is 16.9 Å². The van der Waals surface area contributed by atoms with Crippen LogP contribution in [0.5, 0.6) is 0 Å². The molecule has 3 N–H and O–H groups in total. The first-order chi connectivity index (χ1) is 8.58. The quantitative estimate of drug-likeness (QED) is 0.842. The largest absolute Gasteiger partial charge is 0.383 e. The second-order valence-corrected chi connectivity index (χ2v) is 5.41. The minimum absolute atomic E-state index is 0.105. The maximum atomic E-state index is 12.1. The lowest BCUT2D eigenvalue weighted by Gasteiger charge is -2.33. The molecule has 0 bridgehead atoms. The number of amides is 1. The maximum absolute atomic E-state index is 12.1. The van der Waals surface area contributed by atoms with E-state index in [9.17, 15) is 4.79 Å². The second kappa shape index (κ2) is 5.38. The zero-order valence-electron chi connectivity index (χ0n) is 11.0. The number of rotatable bonds is 2. The third-order valence-electron chi connectivity index (χ3n) is 3.83. The van der Waals surface area contributed by atoms with Crippen LogP contribution in [0.4, 0.5) is 5.82 Å². The molecule has 2 rings (SSSR count). The van der Waals surface area contributed by atoms with Gasteiger partial charge >= 0.3 is 0 Å². The van der Waals surface area contributed by atoms with Gasteiger partial charge < -0.3 is 11.1 Å². The molecule has 1 aliphatic carbocycles. The molecule has 1 aromatic heterocycles. The van der Waals surface area contributed by atoms with E-state index < -0.39 is 0 Å². The van der Waals surface area contributed by atoms with E-state index in [1.807, 2.05) is 0 Å². The van der Waals surface area contributed by atoms with Gasteiger partial charge in [0.1, 0.15) is 5.82 Å². The van der Waals surface area contributed by atoms with E-state index >= 15 is 0 Å². The van der Waals surface area contributed by atoms with Gasteiger partial charge in [0, 0.05) is 12.2 Å². The van der Waals surface area contributed by atoms with Crippen LogP contribution in [0.1, 0.15) is 43.5 Å². The predicted molar refractivity (Wildman–Crippen MR) is 72.1 cm³/mol. The van der Waals surface area contributed by atoms with Gasteiger partial charge in [0.25, 0.3) is 5.91 Å². The van der Waals surface area contributed by atoms with Crippen molar-refractivity contribution in [1.29, 1.82) is 0 Å². The van der Waals surface area contributed by atoms with Gasteiger partial charge in [-0.2, -0.15) is 0 Å². The van der Waals surface area contributed by atoms with Gasteiger partial charge in [-0.05, 0) is 43.2 Å². The van der Waals surface area contributed by atoms with Gasteiger partial charge in [-0.25, -0.2) is 4.98 Å². The average molecular weight is 247 g/mol. The Bertz CT molecular complexity index is 433. The SMILES string of the molecule is CC1CCC(NC(=O)c2cccnc2N)C(C)C1. The summed E-state index contributed by atoms with van der Waals surface area (Å²) >= 11 is 0. The molecular weight excluding hydrogens is 226 g/mol. The van der Waals surface area contributed by atoms with Crippen molar-refractivity contribution in [3.05, 3.63) is 23.9 Å². The number of carbonyl (C=O) groups excluding carboxylic acids is 1. The van der Waals surface area contributed by atoms with Crippen LogP contribution in [0, 0.1) is 11.8 Å². The minimum atomic E-state index is -0.105. The van der Waals surface area contributed by atoms with Crippen molar-refractivity contribution in [2.24, 2.45) is 11.8 Å². The van der Waals surface area contributed by atoms with Gasteiger partial charge in [0.2, 0.25) is 0 Å². The molecule has 1 saturated carbocycles. The van der Waals surface area contributed by atoms with Crippen LogP contribution in [0.25, 0.3) is 0 Å². The van der Waals surface area contributed by atoms with Crippen LogP contribution in [0.15, 0.2) is 18.3 Å². The summed E-state index contributed by atoms with van der Waals surface area (Å²) in [4.78, 5) is 16.1. The fraction of sp³-hybridized carbons (Fsp3) is 0.571. The molecule has 1 fully saturated rings. The molecule has 0 aliphatic heterocycles. The summed E-state index contributed by atoms with van der Waals surface area (Å²) in [6.45, 7) is 4.47. The lowest BCUT2D eigenvalue weighted by Crippen LogP contribution is -2.42. The average Bonchev–Trinajstić information content (AvgIpc) is 2.33. The van der Waals surface area contributed by atoms with Crippen molar-refractivity contribution in [2.45, 2.75) is 39.2 Å². The molecule has 18 heavy (non-hydrogen) atoms. The fourth-order valence-electron chi connectivity index (χ4n) is 2.74. The van der Waals surface area contributed by atoms with E-state index in [1.165, 1.54) is 12.8 Å². The highest BCUT2D eigenvalue weighted by atomic mass is 16.1. The Hall–Kier alpha value is -1.58. The van der Waals surface area contributed by atoms with Crippen molar-refractivity contribution >= 4 is 11.7 Å². The van der Waals surface area contributed by atoms with Crippen LogP contribution >= 0.6 is 0 Å². The van der Waals surface area contributed by atoms with Crippen LogP contribution < -0.4 is 11.1 Å². The molecule has 98 valence electrons. The van der Waals surface area contributed by atoms with E-state index in [2.05, 4.69) is 24.1 Å². The van der Waals surface area contributed by atoms with E-state index in [-0.39, 0.29) is 11.9 Å². The number of hydrogen-bond donors (Lipinski definition) is 2. The Balaban J connectivity index is 2.02. The van der Waals surface area contributed by atoms with Crippen LogP contribution in [0.2, 0.25) is 0 Å². The van der Waals surface area contributed by atoms with Crippen molar-refractivity contribution in [2.75, 3.05) is 5.73 Å². The standard InChI is InChI=1S/C14H21N3O/c1-9-5-6-12(10(2)8-9)17-14(18)11-4-3-7-16-13(11)15/h3-4,7,9-10,12H,5-6,8H2,1-2H3,(H2,15,16)(H,17,18). The highest BCUT2D eigenvalue weighted by Crippen LogP contribution is 2.28. The number of pyridine rings is 1. The lowest BCUT2D eigenvalue weighted by atomic mass is 9.80. The van der Waals surface area contributed by atoms with Gasteiger partial charge in [0.15, 0.2) is 0 Å². The number of carbonyl (C=O) groups is 1. The Morgan fingerprint density at radius 2 is 2.22 bits per heavy atom. The van der Waals surface area contributed by atoms with Crippen LogP contribution in [0.3, 0.4) is 0 Å². The third kappa shape index (κ3) is 2.81. The molecule has 4 nitrogen and oxygen atoms in total. The molecule has 1 heterocycles. The summed E-state index contributed by atoms with van der Waals surface area (Å²) < 4.78 is 0. The number of hydrogen-bond acceptors (Lipinski definition) is 3. The van der Waals surface area contributed by atoms with Crippen molar-refractivity contribution in [3.8, 4) is 0 Å². The smallest absolute Gasteiger partial charge is 0.255 e. The Morgan fingerprint density at radius 3 is 2.89 bits per heavy atom. The van der Waals surface area contributed by atoms with Crippen molar-refractivity contribution < 1.29 is 4.79 Å².